The molecule has 0 saturated carbocycles. The summed E-state index contributed by atoms with van der Waals surface area (Å²) < 4.78 is 43.0. The van der Waals surface area contributed by atoms with Crippen LogP contribution < -0.4 is 10.1 Å². The summed E-state index contributed by atoms with van der Waals surface area (Å²) in [5, 5.41) is 2.68. The Kier molecular flexibility index (Phi) is 7.18. The second kappa shape index (κ2) is 9.36. The molecule has 0 bridgehead atoms. The quantitative estimate of drug-likeness (QED) is 0.554. The molecule has 0 fully saturated rings. The fourth-order valence-electron chi connectivity index (χ4n) is 1.99. The molecule has 0 heterocycles. The molecule has 0 aliphatic rings. The van der Waals surface area contributed by atoms with Crippen molar-refractivity contribution in [3.63, 3.8) is 0 Å². The SMILES string of the molecule is O=C(CCSc1ccccc1)NCCOc1cccc(C(F)(F)F)c1. The zero-order valence-corrected chi connectivity index (χ0v) is 14.2. The van der Waals surface area contributed by atoms with E-state index in [1.165, 1.54) is 12.1 Å². The van der Waals surface area contributed by atoms with Crippen LogP contribution in [0.4, 0.5) is 13.2 Å². The van der Waals surface area contributed by atoms with Crippen molar-refractivity contribution in [1.29, 1.82) is 0 Å². The van der Waals surface area contributed by atoms with E-state index >= 15 is 0 Å². The monoisotopic (exact) mass is 369 g/mol. The average molecular weight is 369 g/mol. The highest BCUT2D eigenvalue weighted by Gasteiger charge is 2.30. The maximum absolute atomic E-state index is 12.6. The van der Waals surface area contributed by atoms with Crippen molar-refractivity contribution in [2.24, 2.45) is 0 Å². The Morgan fingerprint density at radius 3 is 2.56 bits per heavy atom. The summed E-state index contributed by atoms with van der Waals surface area (Å²) in [6.45, 7) is 0.351. The van der Waals surface area contributed by atoms with Crippen molar-refractivity contribution < 1.29 is 22.7 Å². The van der Waals surface area contributed by atoms with Crippen LogP contribution in [0, 0.1) is 0 Å². The normalized spacial score (nSPS) is 11.2. The number of thioether (sulfide) groups is 1. The maximum atomic E-state index is 12.6. The minimum absolute atomic E-state index is 0.110. The molecule has 25 heavy (non-hydrogen) atoms. The lowest BCUT2D eigenvalue weighted by atomic mass is 10.2. The van der Waals surface area contributed by atoms with Gasteiger partial charge in [-0.1, -0.05) is 24.3 Å². The van der Waals surface area contributed by atoms with Gasteiger partial charge in [-0.3, -0.25) is 4.79 Å². The first-order valence-electron chi connectivity index (χ1n) is 7.70. The summed E-state index contributed by atoms with van der Waals surface area (Å²) in [5.41, 5.74) is -0.757. The fraction of sp³-hybridized carbons (Fsp3) is 0.278. The number of rotatable bonds is 8. The summed E-state index contributed by atoms with van der Waals surface area (Å²) in [7, 11) is 0. The van der Waals surface area contributed by atoms with Gasteiger partial charge in [0.2, 0.25) is 5.91 Å². The Balaban J connectivity index is 1.63. The van der Waals surface area contributed by atoms with Gasteiger partial charge in [0.15, 0.2) is 0 Å². The van der Waals surface area contributed by atoms with Crippen LogP contribution in [0.15, 0.2) is 59.5 Å². The Morgan fingerprint density at radius 2 is 1.84 bits per heavy atom. The van der Waals surface area contributed by atoms with Gasteiger partial charge in [0.25, 0.3) is 0 Å². The van der Waals surface area contributed by atoms with E-state index in [4.69, 9.17) is 4.74 Å². The first-order chi connectivity index (χ1) is 11.9. The van der Waals surface area contributed by atoms with Crippen LogP contribution in [0.1, 0.15) is 12.0 Å². The number of carbonyl (C=O) groups is 1. The van der Waals surface area contributed by atoms with E-state index in [9.17, 15) is 18.0 Å². The van der Waals surface area contributed by atoms with Crippen LogP contribution in [0.25, 0.3) is 0 Å². The molecule has 2 aromatic carbocycles. The van der Waals surface area contributed by atoms with E-state index in [1.54, 1.807) is 11.8 Å². The summed E-state index contributed by atoms with van der Waals surface area (Å²) in [4.78, 5) is 12.8. The molecule has 0 radical (unpaired) electrons. The molecule has 1 N–H and O–H groups in total. The Hall–Kier alpha value is -2.15. The standard InChI is InChI=1S/C18H18F3NO2S/c19-18(20,21)14-5-4-6-15(13-14)24-11-10-22-17(23)9-12-25-16-7-2-1-3-8-16/h1-8,13H,9-12H2,(H,22,23). The third kappa shape index (κ3) is 7.09. The maximum Gasteiger partial charge on any atom is 0.416 e. The number of benzene rings is 2. The van der Waals surface area contributed by atoms with Crippen LogP contribution in [0.3, 0.4) is 0 Å². The zero-order chi connectivity index (χ0) is 18.1. The predicted molar refractivity (Wildman–Crippen MR) is 91.7 cm³/mol. The third-order valence-corrected chi connectivity index (χ3v) is 4.21. The Labute approximate surface area is 148 Å². The first kappa shape index (κ1) is 19.2. The summed E-state index contributed by atoms with van der Waals surface area (Å²) >= 11 is 1.59. The molecule has 3 nitrogen and oxygen atoms in total. The molecule has 2 aromatic rings. The van der Waals surface area contributed by atoms with E-state index in [1.807, 2.05) is 30.3 Å². The van der Waals surface area contributed by atoms with E-state index < -0.39 is 11.7 Å². The number of hydrogen-bond donors (Lipinski definition) is 1. The van der Waals surface area contributed by atoms with E-state index in [2.05, 4.69) is 5.32 Å². The molecule has 0 saturated heterocycles. The minimum atomic E-state index is -4.40. The van der Waals surface area contributed by atoms with Crippen LogP contribution >= 0.6 is 11.8 Å². The number of carbonyl (C=O) groups excluding carboxylic acids is 1. The average Bonchev–Trinajstić information content (AvgIpc) is 2.59. The first-order valence-corrected chi connectivity index (χ1v) is 8.68. The molecular weight excluding hydrogens is 351 g/mol. The number of alkyl halides is 3. The van der Waals surface area contributed by atoms with Gasteiger partial charge in [-0.2, -0.15) is 13.2 Å². The second-order valence-corrected chi connectivity index (χ2v) is 6.30. The molecule has 0 unspecified atom stereocenters. The van der Waals surface area contributed by atoms with Crippen molar-refractivity contribution in [1.82, 2.24) is 5.32 Å². The minimum Gasteiger partial charge on any atom is -0.492 e. The van der Waals surface area contributed by atoms with Crippen LogP contribution in [0.5, 0.6) is 5.75 Å². The number of halogens is 3. The lowest BCUT2D eigenvalue weighted by molar-refractivity contribution is -0.137. The zero-order valence-electron chi connectivity index (χ0n) is 13.4. The van der Waals surface area contributed by atoms with Crippen molar-refractivity contribution >= 4 is 17.7 Å². The number of amides is 1. The van der Waals surface area contributed by atoms with Gasteiger partial charge in [-0.15, -0.1) is 11.8 Å². The fourth-order valence-corrected chi connectivity index (χ4v) is 2.86. The van der Waals surface area contributed by atoms with Gasteiger partial charge in [0.1, 0.15) is 12.4 Å². The largest absolute Gasteiger partial charge is 0.492 e. The van der Waals surface area contributed by atoms with Gasteiger partial charge in [-0.25, -0.2) is 0 Å². The summed E-state index contributed by atoms with van der Waals surface area (Å²) in [6.07, 6.45) is -4.03. The van der Waals surface area contributed by atoms with Gasteiger partial charge >= 0.3 is 6.18 Å². The number of ether oxygens (including phenoxy) is 1. The molecule has 2 rings (SSSR count). The molecule has 1 amide bonds. The summed E-state index contributed by atoms with van der Waals surface area (Å²) in [6, 6.07) is 14.4. The molecule has 0 aliphatic heterocycles. The summed E-state index contributed by atoms with van der Waals surface area (Å²) in [5.74, 6) is 0.671. The highest BCUT2D eigenvalue weighted by Crippen LogP contribution is 2.31. The molecule has 134 valence electrons. The number of nitrogens with one attached hydrogen (secondary N) is 1. The third-order valence-electron chi connectivity index (χ3n) is 3.20. The molecule has 7 heteroatoms. The van der Waals surface area contributed by atoms with E-state index in [0.717, 1.165) is 17.0 Å². The topological polar surface area (TPSA) is 38.3 Å². The smallest absolute Gasteiger partial charge is 0.416 e. The van der Waals surface area contributed by atoms with Gasteiger partial charge in [-0.05, 0) is 30.3 Å². The van der Waals surface area contributed by atoms with E-state index in [0.29, 0.717) is 12.2 Å². The molecule has 0 aromatic heterocycles. The molecular formula is C18H18F3NO2S. The molecule has 0 atom stereocenters. The highest BCUT2D eigenvalue weighted by molar-refractivity contribution is 7.99. The van der Waals surface area contributed by atoms with Gasteiger partial charge < -0.3 is 10.1 Å². The van der Waals surface area contributed by atoms with Crippen LogP contribution in [-0.2, 0) is 11.0 Å². The van der Waals surface area contributed by atoms with Crippen LogP contribution in [-0.4, -0.2) is 24.8 Å². The molecule has 0 spiro atoms. The Bertz CT molecular complexity index is 678. The van der Waals surface area contributed by atoms with Gasteiger partial charge in [0.05, 0.1) is 12.1 Å². The van der Waals surface area contributed by atoms with Crippen molar-refractivity contribution in [2.75, 3.05) is 18.9 Å². The van der Waals surface area contributed by atoms with Crippen molar-refractivity contribution in [3.05, 3.63) is 60.2 Å². The predicted octanol–water partition coefficient (Wildman–Crippen LogP) is 4.38. The second-order valence-electron chi connectivity index (χ2n) is 5.14. The molecule has 0 aliphatic carbocycles. The highest BCUT2D eigenvalue weighted by atomic mass is 32.2. The van der Waals surface area contributed by atoms with Crippen molar-refractivity contribution in [2.45, 2.75) is 17.5 Å². The van der Waals surface area contributed by atoms with Crippen LogP contribution in [0.2, 0.25) is 0 Å². The Morgan fingerprint density at radius 1 is 1.08 bits per heavy atom. The lowest BCUT2D eigenvalue weighted by Crippen LogP contribution is -2.28. The lowest BCUT2D eigenvalue weighted by Gasteiger charge is -2.10. The van der Waals surface area contributed by atoms with Gasteiger partial charge in [0, 0.05) is 17.1 Å². The van der Waals surface area contributed by atoms with E-state index in [-0.39, 0.29) is 24.8 Å². The van der Waals surface area contributed by atoms with Crippen molar-refractivity contribution in [3.8, 4) is 5.75 Å². The number of hydrogen-bond acceptors (Lipinski definition) is 3.